The molecule has 30 heavy (non-hydrogen) atoms. The van der Waals surface area contributed by atoms with Crippen LogP contribution in [0.25, 0.3) is 22.3 Å². The molecule has 0 aliphatic carbocycles. The highest BCUT2D eigenvalue weighted by Crippen LogP contribution is 2.32. The number of ether oxygens (including phenoxy) is 1. The quantitative estimate of drug-likeness (QED) is 0.370. The van der Waals surface area contributed by atoms with Crippen molar-refractivity contribution >= 4 is 28.5 Å². The van der Waals surface area contributed by atoms with Crippen LogP contribution in [-0.2, 0) is 6.42 Å². The first-order valence-corrected chi connectivity index (χ1v) is 9.98. The number of hydrogen-bond donors (Lipinski definition) is 0. The Labute approximate surface area is 178 Å². The van der Waals surface area contributed by atoms with Crippen LogP contribution in [-0.4, -0.2) is 5.97 Å². The second-order valence-electron chi connectivity index (χ2n) is 7.04. The molecule has 4 rings (SSSR count). The number of halogens is 1. The number of hydrogen-bond acceptors (Lipinski definition) is 4. The molecule has 1 aromatic heterocycles. The zero-order valence-electron chi connectivity index (χ0n) is 16.6. The van der Waals surface area contributed by atoms with Crippen LogP contribution in [0.3, 0.4) is 0 Å². The summed E-state index contributed by atoms with van der Waals surface area (Å²) in [5.41, 5.74) is 2.99. The Hall–Kier alpha value is -3.37. The Kier molecular flexibility index (Phi) is 5.42. The second-order valence-corrected chi connectivity index (χ2v) is 7.47. The van der Waals surface area contributed by atoms with E-state index in [2.05, 4.69) is 0 Å². The molecule has 150 valence electrons. The summed E-state index contributed by atoms with van der Waals surface area (Å²) < 4.78 is 11.6. The van der Waals surface area contributed by atoms with Crippen molar-refractivity contribution in [3.63, 3.8) is 0 Å². The van der Waals surface area contributed by atoms with Gasteiger partial charge >= 0.3 is 5.97 Å². The lowest BCUT2D eigenvalue weighted by atomic mass is 10.1. The van der Waals surface area contributed by atoms with Crippen molar-refractivity contribution in [1.29, 1.82) is 0 Å². The topological polar surface area (TPSA) is 56.5 Å². The SMILES string of the molecule is CCc1ccc2oc(-c3ccc(Cl)cc3)c(OC(=O)c3ccc(C)cc3)c(=O)c2c1. The van der Waals surface area contributed by atoms with Gasteiger partial charge in [0.05, 0.1) is 10.9 Å². The Morgan fingerprint density at radius 2 is 1.70 bits per heavy atom. The van der Waals surface area contributed by atoms with Gasteiger partial charge in [-0.25, -0.2) is 4.79 Å². The Morgan fingerprint density at radius 1 is 1.00 bits per heavy atom. The molecule has 0 atom stereocenters. The number of rotatable bonds is 4. The number of fused-ring (bicyclic) bond motifs is 1. The number of esters is 1. The van der Waals surface area contributed by atoms with Gasteiger partial charge in [0.1, 0.15) is 5.58 Å². The predicted molar refractivity (Wildman–Crippen MR) is 118 cm³/mol. The standard InChI is InChI=1S/C25H19ClO4/c1-3-16-6-13-21-20(14-16)22(27)24(23(29-21)17-9-11-19(26)12-10-17)30-25(28)18-7-4-15(2)5-8-18/h4-14H,3H2,1-2H3. The zero-order valence-corrected chi connectivity index (χ0v) is 17.3. The summed E-state index contributed by atoms with van der Waals surface area (Å²) in [6.07, 6.45) is 0.771. The summed E-state index contributed by atoms with van der Waals surface area (Å²) in [4.78, 5) is 26.1. The minimum absolute atomic E-state index is 0.136. The molecule has 0 spiro atoms. The lowest BCUT2D eigenvalue weighted by Gasteiger charge is -2.11. The maximum Gasteiger partial charge on any atom is 0.343 e. The average molecular weight is 419 g/mol. The number of aryl methyl sites for hydroxylation is 2. The smallest absolute Gasteiger partial charge is 0.343 e. The van der Waals surface area contributed by atoms with E-state index in [-0.39, 0.29) is 11.5 Å². The molecule has 0 aliphatic heterocycles. The molecular formula is C25H19ClO4. The van der Waals surface area contributed by atoms with Crippen molar-refractivity contribution in [3.8, 4) is 17.1 Å². The molecule has 0 radical (unpaired) electrons. The zero-order chi connectivity index (χ0) is 21.3. The summed E-state index contributed by atoms with van der Waals surface area (Å²) >= 11 is 6.00. The molecule has 1 heterocycles. The van der Waals surface area contributed by atoms with Gasteiger partial charge in [0.15, 0.2) is 5.76 Å². The van der Waals surface area contributed by atoms with E-state index >= 15 is 0 Å². The van der Waals surface area contributed by atoms with Crippen LogP contribution in [0.4, 0.5) is 0 Å². The number of benzene rings is 3. The monoisotopic (exact) mass is 418 g/mol. The van der Waals surface area contributed by atoms with Crippen LogP contribution < -0.4 is 10.2 Å². The summed E-state index contributed by atoms with van der Waals surface area (Å²) in [7, 11) is 0. The third-order valence-electron chi connectivity index (χ3n) is 4.91. The fourth-order valence-corrected chi connectivity index (χ4v) is 3.30. The summed E-state index contributed by atoms with van der Waals surface area (Å²) in [5.74, 6) is -0.568. The molecule has 0 fully saturated rings. The number of carbonyl (C=O) groups is 1. The van der Waals surface area contributed by atoms with E-state index in [9.17, 15) is 9.59 Å². The van der Waals surface area contributed by atoms with Crippen LogP contribution >= 0.6 is 11.6 Å². The van der Waals surface area contributed by atoms with Crippen molar-refractivity contribution in [2.45, 2.75) is 20.3 Å². The third kappa shape index (κ3) is 3.87. The Bertz CT molecular complexity index is 1290. The Morgan fingerprint density at radius 3 is 2.37 bits per heavy atom. The molecule has 4 aromatic rings. The summed E-state index contributed by atoms with van der Waals surface area (Å²) in [6, 6.07) is 19.2. The van der Waals surface area contributed by atoms with Gasteiger partial charge in [-0.15, -0.1) is 0 Å². The lowest BCUT2D eigenvalue weighted by molar-refractivity contribution is 0.0731. The normalized spacial score (nSPS) is 10.9. The van der Waals surface area contributed by atoms with Gasteiger partial charge in [-0.05, 0) is 67.4 Å². The highest BCUT2D eigenvalue weighted by molar-refractivity contribution is 6.30. The van der Waals surface area contributed by atoms with E-state index in [1.54, 1.807) is 48.5 Å². The van der Waals surface area contributed by atoms with Crippen LogP contribution in [0.2, 0.25) is 5.02 Å². The van der Waals surface area contributed by atoms with Gasteiger partial charge in [-0.2, -0.15) is 0 Å². The second kappa shape index (κ2) is 8.17. The van der Waals surface area contributed by atoms with Gasteiger partial charge < -0.3 is 9.15 Å². The van der Waals surface area contributed by atoms with Gasteiger partial charge in [-0.3, -0.25) is 4.79 Å². The number of carbonyl (C=O) groups excluding carboxylic acids is 1. The largest absolute Gasteiger partial charge is 0.452 e. The van der Waals surface area contributed by atoms with E-state index < -0.39 is 11.4 Å². The van der Waals surface area contributed by atoms with E-state index in [0.717, 1.165) is 17.5 Å². The van der Waals surface area contributed by atoms with Gasteiger partial charge in [0.25, 0.3) is 0 Å². The summed E-state index contributed by atoms with van der Waals surface area (Å²) in [5, 5.41) is 0.923. The van der Waals surface area contributed by atoms with Crippen molar-refractivity contribution in [2.75, 3.05) is 0 Å². The molecule has 0 saturated carbocycles. The molecule has 0 saturated heterocycles. The van der Waals surface area contributed by atoms with Gasteiger partial charge in [0, 0.05) is 10.6 Å². The molecule has 0 N–H and O–H groups in total. The highest BCUT2D eigenvalue weighted by Gasteiger charge is 2.21. The van der Waals surface area contributed by atoms with Crippen molar-refractivity contribution in [3.05, 3.63) is 98.7 Å². The van der Waals surface area contributed by atoms with Crippen LogP contribution in [0.5, 0.6) is 5.75 Å². The molecule has 0 amide bonds. The Balaban J connectivity index is 1.89. The summed E-state index contributed by atoms with van der Waals surface area (Å²) in [6.45, 7) is 3.93. The third-order valence-corrected chi connectivity index (χ3v) is 5.16. The van der Waals surface area contributed by atoms with Gasteiger partial charge in [-0.1, -0.05) is 42.3 Å². The van der Waals surface area contributed by atoms with Gasteiger partial charge in [0.2, 0.25) is 11.2 Å². The molecule has 0 aliphatic rings. The molecular weight excluding hydrogens is 400 g/mol. The molecule has 0 unspecified atom stereocenters. The van der Waals surface area contributed by atoms with Crippen molar-refractivity contribution in [2.24, 2.45) is 0 Å². The maximum absolute atomic E-state index is 13.3. The predicted octanol–water partition coefficient (Wildman–Crippen LogP) is 6.20. The first kappa shape index (κ1) is 19.9. The first-order valence-electron chi connectivity index (χ1n) is 9.61. The van der Waals surface area contributed by atoms with E-state index in [1.165, 1.54) is 0 Å². The van der Waals surface area contributed by atoms with Crippen molar-refractivity contribution in [1.82, 2.24) is 0 Å². The fraction of sp³-hybridized carbons (Fsp3) is 0.120. The maximum atomic E-state index is 13.3. The van der Waals surface area contributed by atoms with Crippen LogP contribution in [0.1, 0.15) is 28.4 Å². The van der Waals surface area contributed by atoms with Crippen LogP contribution in [0.15, 0.2) is 75.9 Å². The van der Waals surface area contributed by atoms with E-state index in [4.69, 9.17) is 20.8 Å². The minimum Gasteiger partial charge on any atom is -0.452 e. The lowest BCUT2D eigenvalue weighted by Crippen LogP contribution is -2.16. The van der Waals surface area contributed by atoms with E-state index in [1.807, 2.05) is 32.0 Å². The first-order chi connectivity index (χ1) is 14.5. The fourth-order valence-electron chi connectivity index (χ4n) is 3.17. The molecule has 3 aromatic carbocycles. The van der Waals surface area contributed by atoms with Crippen LogP contribution in [0, 0.1) is 6.92 Å². The molecule has 4 nitrogen and oxygen atoms in total. The molecule has 0 bridgehead atoms. The minimum atomic E-state index is -0.622. The molecule has 5 heteroatoms. The van der Waals surface area contributed by atoms with E-state index in [0.29, 0.717) is 27.1 Å². The van der Waals surface area contributed by atoms with Crippen molar-refractivity contribution < 1.29 is 13.9 Å². The average Bonchev–Trinajstić information content (AvgIpc) is 2.76. The highest BCUT2D eigenvalue weighted by atomic mass is 35.5.